The molecular formula is C32H44N4O4. The minimum absolute atomic E-state index is 0.0197. The topological polar surface area (TPSA) is 65.6 Å². The van der Waals surface area contributed by atoms with E-state index in [-0.39, 0.29) is 17.9 Å². The lowest BCUT2D eigenvalue weighted by Gasteiger charge is -2.41. The first kappa shape index (κ1) is 28.4. The second kappa shape index (κ2) is 12.2. The highest BCUT2D eigenvalue weighted by Gasteiger charge is 2.35. The number of amides is 2. The van der Waals surface area contributed by atoms with E-state index in [9.17, 15) is 9.59 Å². The Bertz CT molecular complexity index is 1190. The van der Waals surface area contributed by atoms with Crippen molar-refractivity contribution >= 4 is 23.2 Å². The third-order valence-electron chi connectivity index (χ3n) is 8.78. The Balaban J connectivity index is 1.22. The van der Waals surface area contributed by atoms with E-state index in [2.05, 4.69) is 29.0 Å². The second-order valence-corrected chi connectivity index (χ2v) is 11.9. The summed E-state index contributed by atoms with van der Waals surface area (Å²) in [6, 6.07) is 14.7. The number of piperazine rings is 1. The number of fused-ring (bicyclic) bond motifs is 1. The van der Waals surface area contributed by atoms with Gasteiger partial charge in [-0.15, -0.1) is 0 Å². The molecular weight excluding hydrogens is 504 g/mol. The van der Waals surface area contributed by atoms with Crippen LogP contribution in [0.4, 0.5) is 11.4 Å². The SMILES string of the molecule is COc1ccc2c(c1)CC(=O)N(c1ccc(N(C)CC3CCC(N4CCN(C)C(=O)C4)CC3)cc1)C2OC(C)C. The van der Waals surface area contributed by atoms with Crippen LogP contribution in [-0.2, 0) is 20.7 Å². The molecule has 3 aliphatic rings. The van der Waals surface area contributed by atoms with Gasteiger partial charge in [0, 0.05) is 56.7 Å². The molecule has 216 valence electrons. The van der Waals surface area contributed by atoms with Gasteiger partial charge >= 0.3 is 0 Å². The smallest absolute Gasteiger partial charge is 0.236 e. The maximum Gasteiger partial charge on any atom is 0.236 e. The zero-order chi connectivity index (χ0) is 28.4. The van der Waals surface area contributed by atoms with Crippen molar-refractivity contribution in [1.82, 2.24) is 9.80 Å². The maximum atomic E-state index is 13.4. The van der Waals surface area contributed by atoms with Crippen LogP contribution in [0.25, 0.3) is 0 Å². The van der Waals surface area contributed by atoms with Crippen LogP contribution < -0.4 is 14.5 Å². The number of anilines is 2. The molecule has 2 amide bonds. The van der Waals surface area contributed by atoms with Crippen LogP contribution in [-0.4, -0.2) is 81.1 Å². The fourth-order valence-corrected chi connectivity index (χ4v) is 6.43. The van der Waals surface area contributed by atoms with E-state index in [0.29, 0.717) is 24.9 Å². The van der Waals surface area contributed by atoms with Crippen LogP contribution in [0.3, 0.4) is 0 Å². The maximum absolute atomic E-state index is 13.4. The zero-order valence-corrected chi connectivity index (χ0v) is 24.6. The van der Waals surface area contributed by atoms with Gasteiger partial charge in [-0.3, -0.25) is 19.4 Å². The molecule has 0 radical (unpaired) electrons. The lowest BCUT2D eigenvalue weighted by atomic mass is 9.84. The van der Waals surface area contributed by atoms with Gasteiger partial charge in [-0.2, -0.15) is 0 Å². The van der Waals surface area contributed by atoms with Gasteiger partial charge in [-0.1, -0.05) is 6.07 Å². The molecule has 1 aliphatic carbocycles. The van der Waals surface area contributed by atoms with Crippen LogP contribution in [0.2, 0.25) is 0 Å². The number of carbonyl (C=O) groups is 2. The molecule has 2 aromatic carbocycles. The van der Waals surface area contributed by atoms with Crippen molar-refractivity contribution in [3.05, 3.63) is 53.6 Å². The molecule has 2 fully saturated rings. The number of carbonyl (C=O) groups excluding carboxylic acids is 2. The van der Waals surface area contributed by atoms with Gasteiger partial charge in [-0.05, 0) is 87.4 Å². The van der Waals surface area contributed by atoms with E-state index in [0.717, 1.165) is 60.7 Å². The predicted molar refractivity (Wildman–Crippen MR) is 158 cm³/mol. The van der Waals surface area contributed by atoms with Crippen molar-refractivity contribution in [3.8, 4) is 5.75 Å². The summed E-state index contributed by atoms with van der Waals surface area (Å²) in [6.45, 7) is 7.40. The van der Waals surface area contributed by atoms with Gasteiger partial charge in [0.15, 0.2) is 6.23 Å². The molecule has 1 saturated carbocycles. The molecule has 1 atom stereocenters. The van der Waals surface area contributed by atoms with Crippen LogP contribution in [0.15, 0.2) is 42.5 Å². The van der Waals surface area contributed by atoms with E-state index in [1.165, 1.54) is 12.8 Å². The highest BCUT2D eigenvalue weighted by molar-refractivity contribution is 5.97. The predicted octanol–water partition coefficient (Wildman–Crippen LogP) is 4.48. The van der Waals surface area contributed by atoms with Crippen LogP contribution in [0, 0.1) is 5.92 Å². The monoisotopic (exact) mass is 548 g/mol. The highest BCUT2D eigenvalue weighted by atomic mass is 16.5. The number of ether oxygens (including phenoxy) is 2. The van der Waals surface area contributed by atoms with Crippen LogP contribution in [0.5, 0.6) is 5.75 Å². The molecule has 5 rings (SSSR count). The Hall–Kier alpha value is -3.10. The van der Waals surface area contributed by atoms with Gasteiger partial charge in [0.1, 0.15) is 5.75 Å². The van der Waals surface area contributed by atoms with Gasteiger partial charge in [0.05, 0.1) is 26.2 Å². The van der Waals surface area contributed by atoms with E-state index in [1.54, 1.807) is 12.0 Å². The summed E-state index contributed by atoms with van der Waals surface area (Å²) in [7, 11) is 5.69. The third kappa shape index (κ3) is 6.13. The number of likely N-dealkylation sites (N-methyl/N-ethyl adjacent to an activating group) is 1. The Kier molecular flexibility index (Phi) is 8.66. The summed E-state index contributed by atoms with van der Waals surface area (Å²) in [6.07, 6.45) is 4.51. The van der Waals surface area contributed by atoms with Crippen molar-refractivity contribution in [2.24, 2.45) is 5.92 Å². The molecule has 8 heteroatoms. The van der Waals surface area contributed by atoms with E-state index < -0.39 is 6.23 Å². The fourth-order valence-electron chi connectivity index (χ4n) is 6.43. The Labute approximate surface area is 238 Å². The lowest BCUT2D eigenvalue weighted by Crippen LogP contribution is -2.53. The molecule has 0 bridgehead atoms. The Morgan fingerprint density at radius 3 is 2.35 bits per heavy atom. The summed E-state index contributed by atoms with van der Waals surface area (Å²) < 4.78 is 11.7. The Morgan fingerprint density at radius 2 is 1.70 bits per heavy atom. The molecule has 1 saturated heterocycles. The molecule has 2 aliphatic heterocycles. The first-order valence-corrected chi connectivity index (χ1v) is 14.7. The number of hydrogen-bond acceptors (Lipinski definition) is 6. The average molecular weight is 549 g/mol. The van der Waals surface area contributed by atoms with Crippen molar-refractivity contribution in [2.45, 2.75) is 64.3 Å². The summed E-state index contributed by atoms with van der Waals surface area (Å²) in [5, 5.41) is 0. The van der Waals surface area contributed by atoms with Gasteiger partial charge in [0.25, 0.3) is 0 Å². The minimum atomic E-state index is -0.475. The molecule has 0 spiro atoms. The largest absolute Gasteiger partial charge is 0.497 e. The zero-order valence-electron chi connectivity index (χ0n) is 24.6. The molecule has 0 aromatic heterocycles. The fraction of sp³-hybridized carbons (Fsp3) is 0.562. The standard InChI is InChI=1S/C32H44N4O4/c1-22(2)40-32-29-15-14-28(39-5)18-24(29)19-30(37)36(32)27-12-10-25(11-13-27)34(4)20-23-6-8-26(9-7-23)35-17-16-33(3)31(38)21-35/h10-15,18,22-23,26,32H,6-9,16-17,19-21H2,1-5H3. The van der Waals surface area contributed by atoms with Crippen molar-refractivity contribution in [3.63, 3.8) is 0 Å². The summed E-state index contributed by atoms with van der Waals surface area (Å²) >= 11 is 0. The van der Waals surface area contributed by atoms with Crippen molar-refractivity contribution in [2.75, 3.05) is 57.2 Å². The van der Waals surface area contributed by atoms with Crippen molar-refractivity contribution < 1.29 is 19.1 Å². The first-order chi connectivity index (χ1) is 19.2. The number of benzene rings is 2. The molecule has 40 heavy (non-hydrogen) atoms. The summed E-state index contributed by atoms with van der Waals surface area (Å²) in [5.41, 5.74) is 3.95. The highest BCUT2D eigenvalue weighted by Crippen LogP contribution is 2.38. The summed E-state index contributed by atoms with van der Waals surface area (Å²) in [5.74, 6) is 1.66. The quantitative estimate of drug-likeness (QED) is 0.485. The number of rotatable bonds is 8. The molecule has 1 unspecified atom stereocenters. The van der Waals surface area contributed by atoms with E-state index in [1.807, 2.05) is 56.1 Å². The van der Waals surface area contributed by atoms with Gasteiger partial charge in [-0.25, -0.2) is 0 Å². The van der Waals surface area contributed by atoms with Crippen molar-refractivity contribution in [1.29, 1.82) is 0 Å². The number of methoxy groups -OCH3 is 1. The first-order valence-electron chi connectivity index (χ1n) is 14.7. The number of hydrogen-bond donors (Lipinski definition) is 0. The van der Waals surface area contributed by atoms with E-state index >= 15 is 0 Å². The molecule has 0 N–H and O–H groups in total. The van der Waals surface area contributed by atoms with Crippen LogP contribution in [0.1, 0.15) is 56.9 Å². The number of nitrogens with zero attached hydrogens (tertiary/aromatic N) is 4. The normalized spacial score (nSPS) is 23.9. The third-order valence-corrected chi connectivity index (χ3v) is 8.78. The molecule has 2 heterocycles. The average Bonchev–Trinajstić information content (AvgIpc) is 2.94. The minimum Gasteiger partial charge on any atom is -0.497 e. The molecule has 8 nitrogen and oxygen atoms in total. The van der Waals surface area contributed by atoms with E-state index in [4.69, 9.17) is 9.47 Å². The summed E-state index contributed by atoms with van der Waals surface area (Å²) in [4.78, 5) is 33.9. The lowest BCUT2D eigenvalue weighted by molar-refractivity contribution is -0.135. The second-order valence-electron chi connectivity index (χ2n) is 11.9. The van der Waals surface area contributed by atoms with Gasteiger partial charge in [0.2, 0.25) is 11.8 Å². The Morgan fingerprint density at radius 1 is 0.975 bits per heavy atom. The van der Waals surface area contributed by atoms with Gasteiger partial charge < -0.3 is 19.3 Å². The van der Waals surface area contributed by atoms with Crippen LogP contribution >= 0.6 is 0 Å². The molecule has 2 aromatic rings.